The van der Waals surface area contributed by atoms with Crippen LogP contribution in [0.2, 0.25) is 0 Å². The number of aromatic nitrogens is 2. The number of aromatic amines is 1. The normalized spacial score (nSPS) is 18.3. The third-order valence-electron chi connectivity index (χ3n) is 3.59. The SMILES string of the molecule is CCCCn1c(N)c(NC2CCC(=O)NC2)c(=O)[nH]c1=O. The summed E-state index contributed by atoms with van der Waals surface area (Å²) in [7, 11) is 0. The minimum Gasteiger partial charge on any atom is -0.383 e. The Balaban J connectivity index is 2.24. The van der Waals surface area contributed by atoms with E-state index in [4.69, 9.17) is 5.73 Å². The van der Waals surface area contributed by atoms with Gasteiger partial charge in [0.1, 0.15) is 11.5 Å². The zero-order valence-electron chi connectivity index (χ0n) is 12.1. The van der Waals surface area contributed by atoms with Crippen molar-refractivity contribution in [3.63, 3.8) is 0 Å². The van der Waals surface area contributed by atoms with E-state index >= 15 is 0 Å². The van der Waals surface area contributed by atoms with Gasteiger partial charge in [0.05, 0.1) is 0 Å². The lowest BCUT2D eigenvalue weighted by Gasteiger charge is -2.25. The first-order valence-corrected chi connectivity index (χ1v) is 7.18. The Morgan fingerprint density at radius 3 is 2.76 bits per heavy atom. The van der Waals surface area contributed by atoms with E-state index in [9.17, 15) is 14.4 Å². The fraction of sp³-hybridized carbons (Fsp3) is 0.615. The van der Waals surface area contributed by atoms with Crippen molar-refractivity contribution in [3.05, 3.63) is 20.8 Å². The van der Waals surface area contributed by atoms with Crippen LogP contribution >= 0.6 is 0 Å². The molecule has 1 atom stereocenters. The Morgan fingerprint density at radius 1 is 1.38 bits per heavy atom. The van der Waals surface area contributed by atoms with Gasteiger partial charge in [-0.3, -0.25) is 19.1 Å². The standard InChI is InChI=1S/C13H21N5O3/c1-2-3-6-18-11(14)10(12(20)17-13(18)21)16-8-4-5-9(19)15-7-8/h8,16H,2-7,14H2,1H3,(H,15,19)(H,17,20,21). The Bertz CT molecular complexity index is 624. The summed E-state index contributed by atoms with van der Waals surface area (Å²) in [6.07, 6.45) is 2.75. The van der Waals surface area contributed by atoms with Crippen molar-refractivity contribution in [1.29, 1.82) is 0 Å². The number of carbonyl (C=O) groups excluding carboxylic acids is 1. The lowest BCUT2D eigenvalue weighted by molar-refractivity contribution is -0.122. The Morgan fingerprint density at radius 2 is 2.14 bits per heavy atom. The lowest BCUT2D eigenvalue weighted by atomic mass is 10.1. The molecule has 1 aromatic rings. The molecule has 0 bridgehead atoms. The molecule has 0 spiro atoms. The molecule has 1 fully saturated rings. The number of nitrogen functional groups attached to an aromatic ring is 1. The van der Waals surface area contributed by atoms with E-state index in [0.29, 0.717) is 25.9 Å². The first kappa shape index (κ1) is 15.1. The van der Waals surface area contributed by atoms with Crippen molar-refractivity contribution in [2.75, 3.05) is 17.6 Å². The maximum Gasteiger partial charge on any atom is 0.330 e. The summed E-state index contributed by atoms with van der Waals surface area (Å²) in [6, 6.07) is -0.0665. The average Bonchev–Trinajstić information content (AvgIpc) is 2.45. The van der Waals surface area contributed by atoms with Gasteiger partial charge in [-0.15, -0.1) is 0 Å². The van der Waals surface area contributed by atoms with E-state index < -0.39 is 11.2 Å². The van der Waals surface area contributed by atoms with Gasteiger partial charge in [-0.2, -0.15) is 0 Å². The van der Waals surface area contributed by atoms with Crippen molar-refractivity contribution in [1.82, 2.24) is 14.9 Å². The quantitative estimate of drug-likeness (QED) is 0.589. The molecule has 0 aliphatic carbocycles. The third kappa shape index (κ3) is 3.45. The van der Waals surface area contributed by atoms with Gasteiger partial charge in [0.15, 0.2) is 0 Å². The molecule has 8 heteroatoms. The third-order valence-corrected chi connectivity index (χ3v) is 3.59. The monoisotopic (exact) mass is 295 g/mol. The fourth-order valence-corrected chi connectivity index (χ4v) is 2.33. The molecule has 21 heavy (non-hydrogen) atoms. The number of nitrogens with one attached hydrogen (secondary N) is 3. The number of hydrogen-bond donors (Lipinski definition) is 4. The van der Waals surface area contributed by atoms with Gasteiger partial charge in [0, 0.05) is 25.6 Å². The number of amides is 1. The molecule has 1 saturated heterocycles. The second-order valence-corrected chi connectivity index (χ2v) is 5.21. The summed E-state index contributed by atoms with van der Waals surface area (Å²) >= 11 is 0. The van der Waals surface area contributed by atoms with E-state index in [1.165, 1.54) is 4.57 Å². The highest BCUT2D eigenvalue weighted by Gasteiger charge is 2.21. The minimum absolute atomic E-state index is 0.00264. The molecular formula is C13H21N5O3. The fourth-order valence-electron chi connectivity index (χ4n) is 2.33. The Labute approximate surface area is 121 Å². The molecular weight excluding hydrogens is 274 g/mol. The van der Waals surface area contributed by atoms with Crippen molar-refractivity contribution < 1.29 is 4.79 Å². The summed E-state index contributed by atoms with van der Waals surface area (Å²) in [6.45, 7) is 2.91. The van der Waals surface area contributed by atoms with Crippen LogP contribution in [-0.2, 0) is 11.3 Å². The predicted molar refractivity (Wildman–Crippen MR) is 80.3 cm³/mol. The molecule has 0 radical (unpaired) electrons. The summed E-state index contributed by atoms with van der Waals surface area (Å²) in [5.74, 6) is 0.150. The highest BCUT2D eigenvalue weighted by molar-refractivity contribution is 5.77. The van der Waals surface area contributed by atoms with E-state index in [2.05, 4.69) is 15.6 Å². The van der Waals surface area contributed by atoms with Crippen LogP contribution in [0.3, 0.4) is 0 Å². The molecule has 1 unspecified atom stereocenters. The zero-order chi connectivity index (χ0) is 15.4. The number of H-pyrrole nitrogens is 1. The van der Waals surface area contributed by atoms with Crippen LogP contribution in [-0.4, -0.2) is 28.0 Å². The molecule has 2 heterocycles. The second-order valence-electron chi connectivity index (χ2n) is 5.21. The first-order chi connectivity index (χ1) is 10.0. The molecule has 0 saturated carbocycles. The Kier molecular flexibility index (Phi) is 4.66. The maximum absolute atomic E-state index is 11.9. The lowest BCUT2D eigenvalue weighted by Crippen LogP contribution is -2.44. The molecule has 1 aliphatic heterocycles. The highest BCUT2D eigenvalue weighted by Crippen LogP contribution is 2.15. The van der Waals surface area contributed by atoms with Crippen molar-refractivity contribution in [2.45, 2.75) is 45.2 Å². The van der Waals surface area contributed by atoms with Crippen molar-refractivity contribution >= 4 is 17.4 Å². The predicted octanol–water partition coefficient (Wildman–Crippen LogP) is -0.391. The summed E-state index contributed by atoms with van der Waals surface area (Å²) in [5.41, 5.74) is 5.15. The van der Waals surface area contributed by atoms with Crippen molar-refractivity contribution in [3.8, 4) is 0 Å². The number of nitrogens with zero attached hydrogens (tertiary/aromatic N) is 1. The van der Waals surface area contributed by atoms with E-state index in [0.717, 1.165) is 12.8 Å². The number of piperidine rings is 1. The minimum atomic E-state index is -0.526. The molecule has 1 amide bonds. The van der Waals surface area contributed by atoms with Gasteiger partial charge in [-0.1, -0.05) is 13.3 Å². The Hall–Kier alpha value is -2.25. The number of rotatable bonds is 5. The molecule has 5 N–H and O–H groups in total. The molecule has 1 aromatic heterocycles. The molecule has 1 aliphatic rings. The molecule has 116 valence electrons. The highest BCUT2D eigenvalue weighted by atomic mass is 16.2. The van der Waals surface area contributed by atoms with Crippen LogP contribution < -0.4 is 27.6 Å². The van der Waals surface area contributed by atoms with Crippen LogP contribution in [0.1, 0.15) is 32.6 Å². The summed E-state index contributed by atoms with van der Waals surface area (Å²) in [4.78, 5) is 37.1. The molecule has 2 rings (SSSR count). The molecule has 0 aromatic carbocycles. The van der Waals surface area contributed by atoms with E-state index in [1.807, 2.05) is 6.92 Å². The topological polar surface area (TPSA) is 122 Å². The number of unbranched alkanes of at least 4 members (excludes halogenated alkanes) is 1. The van der Waals surface area contributed by atoms with Crippen LogP contribution in [0.5, 0.6) is 0 Å². The number of hydrogen-bond acceptors (Lipinski definition) is 5. The van der Waals surface area contributed by atoms with Crippen molar-refractivity contribution in [2.24, 2.45) is 0 Å². The number of carbonyl (C=O) groups is 1. The van der Waals surface area contributed by atoms with Gasteiger partial charge in [-0.05, 0) is 12.8 Å². The van der Waals surface area contributed by atoms with Gasteiger partial charge in [0.2, 0.25) is 5.91 Å². The van der Waals surface area contributed by atoms with Gasteiger partial charge in [-0.25, -0.2) is 4.79 Å². The van der Waals surface area contributed by atoms with Crippen LogP contribution in [0, 0.1) is 0 Å². The van der Waals surface area contributed by atoms with E-state index in [-0.39, 0.29) is 23.5 Å². The number of nitrogens with two attached hydrogens (primary N) is 1. The average molecular weight is 295 g/mol. The maximum atomic E-state index is 11.9. The zero-order valence-corrected chi connectivity index (χ0v) is 12.1. The first-order valence-electron chi connectivity index (χ1n) is 7.18. The summed E-state index contributed by atoms with van der Waals surface area (Å²) < 4.78 is 1.37. The van der Waals surface area contributed by atoms with Crippen LogP contribution in [0.4, 0.5) is 11.5 Å². The number of anilines is 2. The molecule has 8 nitrogen and oxygen atoms in total. The smallest absolute Gasteiger partial charge is 0.330 e. The second kappa shape index (κ2) is 6.47. The van der Waals surface area contributed by atoms with Gasteiger partial charge >= 0.3 is 5.69 Å². The largest absolute Gasteiger partial charge is 0.383 e. The van der Waals surface area contributed by atoms with E-state index in [1.54, 1.807) is 0 Å². The summed E-state index contributed by atoms with van der Waals surface area (Å²) in [5, 5.41) is 5.77. The van der Waals surface area contributed by atoms with Crippen LogP contribution in [0.15, 0.2) is 9.59 Å². The van der Waals surface area contributed by atoms with Gasteiger partial charge < -0.3 is 16.4 Å². The van der Waals surface area contributed by atoms with Gasteiger partial charge in [0.25, 0.3) is 5.56 Å². The van der Waals surface area contributed by atoms with Crippen LogP contribution in [0.25, 0.3) is 0 Å².